The summed E-state index contributed by atoms with van der Waals surface area (Å²) in [7, 11) is 0. The van der Waals surface area contributed by atoms with Crippen molar-refractivity contribution in [2.45, 2.75) is 70.9 Å². The van der Waals surface area contributed by atoms with Crippen LogP contribution in [0.25, 0.3) is 10.9 Å². The Kier molecular flexibility index (Phi) is 6.79. The van der Waals surface area contributed by atoms with Crippen LogP contribution >= 0.6 is 11.3 Å². The Morgan fingerprint density at radius 2 is 2.12 bits per heavy atom. The molecule has 4 rings (SSSR count). The fourth-order valence-electron chi connectivity index (χ4n) is 4.77. The van der Waals surface area contributed by atoms with E-state index in [0.29, 0.717) is 18.3 Å². The van der Waals surface area contributed by atoms with Gasteiger partial charge in [0.15, 0.2) is 0 Å². The lowest BCUT2D eigenvalue weighted by Gasteiger charge is -2.37. The van der Waals surface area contributed by atoms with Gasteiger partial charge in [-0.05, 0) is 88.1 Å². The van der Waals surface area contributed by atoms with E-state index in [1.807, 2.05) is 56.2 Å². The minimum Gasteiger partial charge on any atom is -0.444 e. The van der Waals surface area contributed by atoms with Crippen LogP contribution in [0.4, 0.5) is 10.5 Å². The summed E-state index contributed by atoms with van der Waals surface area (Å²) in [5.74, 6) is 0.788. The van der Waals surface area contributed by atoms with E-state index in [2.05, 4.69) is 28.6 Å². The minimum atomic E-state index is -0.490. The van der Waals surface area contributed by atoms with Crippen molar-refractivity contribution < 1.29 is 9.53 Å². The molecule has 7 heteroatoms. The Balaban J connectivity index is 1.53. The molecule has 0 aliphatic heterocycles. The van der Waals surface area contributed by atoms with Crippen LogP contribution in [0.3, 0.4) is 0 Å². The highest BCUT2D eigenvalue weighted by Gasteiger charge is 2.32. The largest absolute Gasteiger partial charge is 0.444 e. The number of fused-ring (bicyclic) bond motifs is 1. The maximum atomic E-state index is 12.8. The molecule has 2 unspecified atom stereocenters. The van der Waals surface area contributed by atoms with E-state index in [1.54, 1.807) is 11.3 Å². The van der Waals surface area contributed by atoms with Gasteiger partial charge in [-0.3, -0.25) is 5.41 Å². The topological polar surface area (TPSA) is 81.2 Å². The lowest BCUT2D eigenvalue weighted by molar-refractivity contribution is 0.0126. The molecule has 2 aromatic heterocycles. The number of benzene rings is 1. The number of hydrogen-bond donors (Lipinski definition) is 3. The quantitative estimate of drug-likeness (QED) is 0.281. The number of ether oxygens (including phenoxy) is 1. The highest BCUT2D eigenvalue weighted by atomic mass is 32.1. The SMILES string of the molecule is CCN(C(=O)OC(C)(C)C)C1CCCC(c2c[nH]c3ccc(NC(=N)c4cccs4)cc23)C1. The van der Waals surface area contributed by atoms with Crippen LogP contribution in [0.2, 0.25) is 0 Å². The molecule has 2 atom stereocenters. The fourth-order valence-corrected chi connectivity index (χ4v) is 5.40. The average Bonchev–Trinajstić information content (AvgIpc) is 3.43. The lowest BCUT2D eigenvalue weighted by atomic mass is 9.80. The summed E-state index contributed by atoms with van der Waals surface area (Å²) in [5.41, 5.74) is 2.81. The van der Waals surface area contributed by atoms with Crippen molar-refractivity contribution in [2.75, 3.05) is 11.9 Å². The van der Waals surface area contributed by atoms with Crippen molar-refractivity contribution in [1.29, 1.82) is 5.41 Å². The number of thiophene rings is 1. The van der Waals surface area contributed by atoms with Gasteiger partial charge in [-0.15, -0.1) is 11.3 Å². The number of aromatic amines is 1. The first kappa shape index (κ1) is 23.4. The van der Waals surface area contributed by atoms with Gasteiger partial charge >= 0.3 is 6.09 Å². The summed E-state index contributed by atoms with van der Waals surface area (Å²) in [6, 6.07) is 10.3. The second-order valence-corrected chi connectivity index (χ2v) is 10.7. The summed E-state index contributed by atoms with van der Waals surface area (Å²) in [6.07, 6.45) is 6.04. The third-order valence-corrected chi connectivity index (χ3v) is 7.13. The third-order valence-electron chi connectivity index (χ3n) is 6.25. The van der Waals surface area contributed by atoms with Crippen molar-refractivity contribution >= 4 is 39.9 Å². The molecule has 33 heavy (non-hydrogen) atoms. The summed E-state index contributed by atoms with van der Waals surface area (Å²) in [5, 5.41) is 14.7. The number of nitrogens with one attached hydrogen (secondary N) is 3. The average molecular weight is 467 g/mol. The molecule has 3 aromatic rings. The van der Waals surface area contributed by atoms with Gasteiger partial charge in [0.2, 0.25) is 0 Å². The van der Waals surface area contributed by atoms with Gasteiger partial charge in [0.25, 0.3) is 0 Å². The monoisotopic (exact) mass is 466 g/mol. The van der Waals surface area contributed by atoms with Crippen LogP contribution in [0, 0.1) is 5.41 Å². The number of amides is 1. The minimum absolute atomic E-state index is 0.182. The summed E-state index contributed by atoms with van der Waals surface area (Å²) < 4.78 is 5.68. The molecule has 1 aliphatic carbocycles. The number of amidine groups is 1. The van der Waals surface area contributed by atoms with Gasteiger partial charge < -0.3 is 19.9 Å². The number of rotatable bonds is 5. The molecule has 0 spiro atoms. The number of anilines is 1. The molecule has 3 N–H and O–H groups in total. The molecular weight excluding hydrogens is 432 g/mol. The molecular formula is C26H34N4O2S. The van der Waals surface area contributed by atoms with Gasteiger partial charge in [-0.1, -0.05) is 12.5 Å². The Bertz CT molecular complexity index is 1110. The molecule has 0 bridgehead atoms. The standard InChI is InChI=1S/C26H34N4O2S/c1-5-30(25(31)32-26(2,3)4)19-9-6-8-17(14-19)21-16-28-22-12-11-18(15-20(21)22)29-24(27)23-10-7-13-33-23/h7,10-13,15-17,19,28H,5-6,8-9,14H2,1-4H3,(H2,27,29). The molecule has 0 saturated heterocycles. The van der Waals surface area contributed by atoms with E-state index >= 15 is 0 Å². The zero-order chi connectivity index (χ0) is 23.6. The number of aromatic nitrogens is 1. The highest BCUT2D eigenvalue weighted by Crippen LogP contribution is 2.39. The van der Waals surface area contributed by atoms with Crippen LogP contribution in [0.5, 0.6) is 0 Å². The Labute approximate surface area is 199 Å². The van der Waals surface area contributed by atoms with Crippen molar-refractivity contribution in [3.8, 4) is 0 Å². The predicted octanol–water partition coefficient (Wildman–Crippen LogP) is 6.95. The van der Waals surface area contributed by atoms with E-state index < -0.39 is 5.60 Å². The highest BCUT2D eigenvalue weighted by molar-refractivity contribution is 7.12. The van der Waals surface area contributed by atoms with Gasteiger partial charge in [-0.25, -0.2) is 4.79 Å². The summed E-state index contributed by atoms with van der Waals surface area (Å²) >= 11 is 1.56. The molecule has 1 saturated carbocycles. The molecule has 2 heterocycles. The first-order valence-electron chi connectivity index (χ1n) is 11.7. The maximum Gasteiger partial charge on any atom is 0.410 e. The second-order valence-electron chi connectivity index (χ2n) is 9.77. The van der Waals surface area contributed by atoms with Crippen molar-refractivity contribution in [3.05, 3.63) is 52.3 Å². The molecule has 0 radical (unpaired) electrons. The maximum absolute atomic E-state index is 12.8. The summed E-state index contributed by atoms with van der Waals surface area (Å²) in [4.78, 5) is 19.1. The predicted molar refractivity (Wildman–Crippen MR) is 137 cm³/mol. The van der Waals surface area contributed by atoms with Gasteiger partial charge in [0.05, 0.1) is 4.88 Å². The van der Waals surface area contributed by atoms with Crippen LogP contribution in [0.1, 0.15) is 69.7 Å². The zero-order valence-electron chi connectivity index (χ0n) is 19.9. The van der Waals surface area contributed by atoms with Crippen LogP contribution in [-0.2, 0) is 4.74 Å². The molecule has 6 nitrogen and oxygen atoms in total. The molecule has 1 aliphatic rings. The summed E-state index contributed by atoms with van der Waals surface area (Å²) in [6.45, 7) is 8.42. The molecule has 176 valence electrons. The smallest absolute Gasteiger partial charge is 0.410 e. The van der Waals surface area contributed by atoms with E-state index in [9.17, 15) is 4.79 Å². The Hall–Kier alpha value is -2.80. The number of nitrogens with zero attached hydrogens (tertiary/aromatic N) is 1. The fraction of sp³-hybridized carbons (Fsp3) is 0.462. The normalized spacial score (nSPS) is 18.8. The van der Waals surface area contributed by atoms with E-state index in [1.165, 1.54) is 10.9 Å². The van der Waals surface area contributed by atoms with Gasteiger partial charge in [0.1, 0.15) is 11.4 Å². The molecule has 1 fully saturated rings. The van der Waals surface area contributed by atoms with E-state index in [4.69, 9.17) is 10.1 Å². The Morgan fingerprint density at radius 3 is 2.82 bits per heavy atom. The Morgan fingerprint density at radius 1 is 1.30 bits per heavy atom. The first-order valence-corrected chi connectivity index (χ1v) is 12.6. The van der Waals surface area contributed by atoms with Gasteiger partial charge in [-0.2, -0.15) is 0 Å². The number of carbonyl (C=O) groups is 1. The zero-order valence-corrected chi connectivity index (χ0v) is 20.7. The van der Waals surface area contributed by atoms with E-state index in [-0.39, 0.29) is 12.1 Å². The third kappa shape index (κ3) is 5.41. The molecule has 1 amide bonds. The number of H-pyrrole nitrogens is 1. The first-order chi connectivity index (χ1) is 15.7. The van der Waals surface area contributed by atoms with Crippen molar-refractivity contribution in [2.24, 2.45) is 0 Å². The van der Waals surface area contributed by atoms with E-state index in [0.717, 1.165) is 41.8 Å². The van der Waals surface area contributed by atoms with Gasteiger partial charge in [0, 0.05) is 35.4 Å². The lowest BCUT2D eigenvalue weighted by Crippen LogP contribution is -2.45. The van der Waals surface area contributed by atoms with Crippen molar-refractivity contribution in [1.82, 2.24) is 9.88 Å². The van der Waals surface area contributed by atoms with Crippen molar-refractivity contribution in [3.63, 3.8) is 0 Å². The second kappa shape index (κ2) is 9.59. The number of hydrogen-bond acceptors (Lipinski definition) is 4. The van der Waals surface area contributed by atoms with Crippen LogP contribution in [0.15, 0.2) is 41.9 Å². The van der Waals surface area contributed by atoms with Crippen LogP contribution < -0.4 is 5.32 Å². The van der Waals surface area contributed by atoms with Crippen LogP contribution in [-0.4, -0.2) is 40.0 Å². The number of carbonyl (C=O) groups excluding carboxylic acids is 1. The molecule has 1 aromatic carbocycles.